The summed E-state index contributed by atoms with van der Waals surface area (Å²) in [6.07, 6.45) is 0. The molecule has 2 aromatic carbocycles. The van der Waals surface area contributed by atoms with E-state index in [0.717, 1.165) is 4.47 Å². The van der Waals surface area contributed by atoms with E-state index in [1.165, 1.54) is 18.2 Å². The summed E-state index contributed by atoms with van der Waals surface area (Å²) in [5.41, 5.74) is 0.604. The van der Waals surface area contributed by atoms with E-state index in [-0.39, 0.29) is 23.0 Å². The predicted octanol–water partition coefficient (Wildman–Crippen LogP) is 5.76. The normalized spacial score (nSPS) is 11.2. The molecule has 3 aromatic rings. The van der Waals surface area contributed by atoms with E-state index in [1.807, 2.05) is 0 Å². The van der Waals surface area contributed by atoms with Gasteiger partial charge in [-0.3, -0.25) is 14.9 Å². The number of nitro benzene ring substituents is 1. The lowest BCUT2D eigenvalue weighted by Gasteiger charge is -2.05. The van der Waals surface area contributed by atoms with Crippen molar-refractivity contribution < 1.29 is 19.6 Å². The molecule has 0 aliphatic heterocycles. The van der Waals surface area contributed by atoms with Gasteiger partial charge in [-0.1, -0.05) is 15.9 Å². The number of rotatable bonds is 5. The minimum atomic E-state index is -0.701. The van der Waals surface area contributed by atoms with E-state index >= 15 is 0 Å². The Bertz CT molecular complexity index is 1130. The minimum absolute atomic E-state index is 0.113. The monoisotopic (exact) mass is 574 g/mol. The quantitative estimate of drug-likeness (QED) is 0.227. The Hall–Kier alpha value is -2.31. The molecule has 144 valence electrons. The molecule has 0 spiro atoms. The zero-order chi connectivity index (χ0) is 20.4. The third-order valence-electron chi connectivity index (χ3n) is 3.52. The maximum absolute atomic E-state index is 12.0. The summed E-state index contributed by atoms with van der Waals surface area (Å²) in [7, 11) is 0. The first-order valence-electron chi connectivity index (χ1n) is 7.47. The fourth-order valence-electron chi connectivity index (χ4n) is 2.29. The highest BCUT2D eigenvalue weighted by Gasteiger charge is 2.15. The highest BCUT2D eigenvalue weighted by molar-refractivity contribution is 9.11. The van der Waals surface area contributed by atoms with Crippen LogP contribution >= 0.6 is 47.8 Å². The van der Waals surface area contributed by atoms with Gasteiger partial charge in [-0.2, -0.15) is 0 Å². The average Bonchev–Trinajstić information content (AvgIpc) is 2.94. The molecule has 1 amide bonds. The molecule has 0 aliphatic carbocycles. The summed E-state index contributed by atoms with van der Waals surface area (Å²) in [5.74, 6) is -0.686. The molecule has 1 aromatic heterocycles. The van der Waals surface area contributed by atoms with E-state index in [0.29, 0.717) is 19.8 Å². The number of fused-ring (bicyclic) bond motifs is 1. The molecule has 0 saturated heterocycles. The Labute approximate surface area is 182 Å². The minimum Gasteiger partial charge on any atom is -0.493 e. The molecular weight excluding hydrogens is 568 g/mol. The number of nitro groups is 1. The van der Waals surface area contributed by atoms with Crippen molar-refractivity contribution in [2.24, 2.45) is 10.2 Å². The van der Waals surface area contributed by atoms with Gasteiger partial charge in [-0.05, 0) is 50.1 Å². The number of amides is 1. The molecule has 12 heteroatoms. The number of nitrogens with one attached hydrogen (secondary N) is 1. The highest BCUT2D eigenvalue weighted by atomic mass is 79.9. The molecule has 0 unspecified atom stereocenters. The van der Waals surface area contributed by atoms with E-state index < -0.39 is 17.4 Å². The number of ether oxygens (including phenoxy) is 1. The van der Waals surface area contributed by atoms with Crippen molar-refractivity contribution in [2.75, 3.05) is 6.61 Å². The van der Waals surface area contributed by atoms with Crippen LogP contribution in [-0.4, -0.2) is 27.5 Å². The smallest absolute Gasteiger partial charge is 0.302 e. The van der Waals surface area contributed by atoms with Crippen molar-refractivity contribution in [2.45, 2.75) is 0 Å². The molecule has 28 heavy (non-hydrogen) atoms. The van der Waals surface area contributed by atoms with Crippen LogP contribution < -0.4 is 4.74 Å². The van der Waals surface area contributed by atoms with Crippen molar-refractivity contribution >= 4 is 76.0 Å². The Balaban J connectivity index is 1.74. The second kappa shape index (κ2) is 8.37. The lowest BCUT2D eigenvalue weighted by atomic mass is 10.2. The van der Waals surface area contributed by atoms with Gasteiger partial charge in [-0.15, -0.1) is 10.2 Å². The summed E-state index contributed by atoms with van der Waals surface area (Å²) in [5, 5.41) is 28.7. The summed E-state index contributed by atoms with van der Waals surface area (Å²) in [6.45, 7) is -0.434. The SMILES string of the molecule is O=C(COc1ccc([N+](=O)[O-])cc1Br)N=Nc1c(O)[nH]c2c(Br)cc(Br)cc12. The molecule has 0 atom stereocenters. The van der Waals surface area contributed by atoms with Gasteiger partial charge >= 0.3 is 5.91 Å². The first kappa shape index (κ1) is 20.4. The number of aromatic nitrogens is 1. The van der Waals surface area contributed by atoms with Crippen LogP contribution in [0.4, 0.5) is 11.4 Å². The first-order chi connectivity index (χ1) is 13.3. The van der Waals surface area contributed by atoms with Crippen LogP contribution in [0, 0.1) is 10.1 Å². The number of nitrogens with zero attached hydrogens (tertiary/aromatic N) is 3. The number of non-ortho nitro benzene ring substituents is 1. The number of carbonyl (C=O) groups excluding carboxylic acids is 1. The molecule has 0 radical (unpaired) electrons. The fourth-order valence-corrected chi connectivity index (χ4v) is 4.09. The van der Waals surface area contributed by atoms with E-state index in [1.54, 1.807) is 12.1 Å². The van der Waals surface area contributed by atoms with E-state index in [4.69, 9.17) is 4.74 Å². The molecule has 0 fully saturated rings. The van der Waals surface area contributed by atoms with Crippen LogP contribution in [0.5, 0.6) is 11.6 Å². The maximum Gasteiger partial charge on any atom is 0.302 e. The zero-order valence-corrected chi connectivity index (χ0v) is 18.4. The number of aromatic hydroxyl groups is 1. The van der Waals surface area contributed by atoms with Gasteiger partial charge in [0.05, 0.1) is 14.9 Å². The summed E-state index contributed by atoms with van der Waals surface area (Å²) in [6, 6.07) is 7.40. The highest BCUT2D eigenvalue weighted by Crippen LogP contribution is 2.40. The van der Waals surface area contributed by atoms with E-state index in [9.17, 15) is 20.0 Å². The third-order valence-corrected chi connectivity index (χ3v) is 5.22. The number of hydrogen-bond donors (Lipinski definition) is 2. The Morgan fingerprint density at radius 2 is 1.96 bits per heavy atom. The topological polar surface area (TPSA) is 130 Å². The van der Waals surface area contributed by atoms with Crippen LogP contribution in [0.1, 0.15) is 0 Å². The van der Waals surface area contributed by atoms with Crippen molar-refractivity contribution in [1.82, 2.24) is 4.98 Å². The van der Waals surface area contributed by atoms with Crippen LogP contribution in [0.25, 0.3) is 10.9 Å². The average molecular weight is 577 g/mol. The lowest BCUT2D eigenvalue weighted by Crippen LogP contribution is -2.08. The zero-order valence-electron chi connectivity index (χ0n) is 13.6. The Kier molecular flexibility index (Phi) is 6.10. The third kappa shape index (κ3) is 4.39. The number of azo groups is 1. The van der Waals surface area contributed by atoms with Gasteiger partial charge in [0.2, 0.25) is 5.88 Å². The van der Waals surface area contributed by atoms with Gasteiger partial charge < -0.3 is 14.8 Å². The number of hydrogen-bond acceptors (Lipinski definition) is 6. The van der Waals surface area contributed by atoms with Gasteiger partial charge in [-0.25, -0.2) is 0 Å². The van der Waals surface area contributed by atoms with Crippen molar-refractivity contribution in [1.29, 1.82) is 0 Å². The molecule has 3 rings (SSSR count). The van der Waals surface area contributed by atoms with Gasteiger partial charge in [0.15, 0.2) is 12.3 Å². The Morgan fingerprint density at radius 3 is 2.64 bits per heavy atom. The van der Waals surface area contributed by atoms with Gasteiger partial charge in [0.1, 0.15) is 5.75 Å². The molecule has 0 saturated carbocycles. The second-order valence-corrected chi connectivity index (χ2v) is 8.01. The van der Waals surface area contributed by atoms with Gasteiger partial charge in [0.25, 0.3) is 5.69 Å². The lowest BCUT2D eigenvalue weighted by molar-refractivity contribution is -0.384. The molecule has 0 aliphatic rings. The van der Waals surface area contributed by atoms with Gasteiger partial charge in [0, 0.05) is 26.5 Å². The molecule has 2 N–H and O–H groups in total. The number of carbonyl (C=O) groups is 1. The molecule has 0 bridgehead atoms. The Morgan fingerprint density at radius 1 is 1.21 bits per heavy atom. The number of halogens is 3. The summed E-state index contributed by atoms with van der Waals surface area (Å²) >= 11 is 9.86. The van der Waals surface area contributed by atoms with Crippen molar-refractivity contribution in [3.8, 4) is 11.6 Å². The standard InChI is InChI=1S/C16H9Br3N4O5/c17-7-3-9-14(11(19)4-7)20-16(25)15(9)22-21-13(24)6-28-12-2-1-8(23(26)27)5-10(12)18/h1-5,20,25H,6H2. The van der Waals surface area contributed by atoms with Crippen LogP contribution in [0.15, 0.2) is 54.0 Å². The molecular formula is C16H9Br3N4O5. The van der Waals surface area contributed by atoms with Crippen LogP contribution in [0.3, 0.4) is 0 Å². The van der Waals surface area contributed by atoms with Crippen molar-refractivity contribution in [3.63, 3.8) is 0 Å². The molecule has 9 nitrogen and oxygen atoms in total. The molecule has 1 heterocycles. The number of benzene rings is 2. The van der Waals surface area contributed by atoms with Crippen molar-refractivity contribution in [3.05, 3.63) is 53.9 Å². The van der Waals surface area contributed by atoms with Crippen LogP contribution in [0.2, 0.25) is 0 Å². The number of H-pyrrole nitrogens is 1. The predicted molar refractivity (Wildman–Crippen MR) is 111 cm³/mol. The summed E-state index contributed by atoms with van der Waals surface area (Å²) < 4.78 is 7.08. The largest absolute Gasteiger partial charge is 0.493 e. The second-order valence-electron chi connectivity index (χ2n) is 5.39. The summed E-state index contributed by atoms with van der Waals surface area (Å²) in [4.78, 5) is 24.9. The maximum atomic E-state index is 12.0. The van der Waals surface area contributed by atoms with Crippen LogP contribution in [-0.2, 0) is 4.79 Å². The van der Waals surface area contributed by atoms with E-state index in [2.05, 4.69) is 63.0 Å². The first-order valence-corrected chi connectivity index (χ1v) is 9.85. The fraction of sp³-hybridized carbons (Fsp3) is 0.0625. The number of aromatic amines is 1.